The van der Waals surface area contributed by atoms with Gasteiger partial charge in [-0.3, -0.25) is 9.79 Å². The van der Waals surface area contributed by atoms with E-state index in [4.69, 9.17) is 5.73 Å². The zero-order valence-corrected chi connectivity index (χ0v) is 16.1. The van der Waals surface area contributed by atoms with E-state index in [2.05, 4.69) is 15.6 Å². The summed E-state index contributed by atoms with van der Waals surface area (Å²) in [6.07, 6.45) is 7.28. The Bertz CT molecular complexity index is 545. The maximum Gasteiger partial charge on any atom is 0.254 e. The smallest absolute Gasteiger partial charge is 0.254 e. The number of nitrogens with two attached hydrogens (primary N) is 1. The summed E-state index contributed by atoms with van der Waals surface area (Å²) in [4.78, 5) is 16.0. The maximum atomic E-state index is 13.5. The molecule has 24 heavy (non-hydrogen) atoms. The van der Waals surface area contributed by atoms with Crippen LogP contribution in [0.25, 0.3) is 0 Å². The molecule has 2 rings (SSSR count). The molecule has 0 aliphatic heterocycles. The number of nitrogens with zero attached hydrogens (tertiary/aromatic N) is 1. The zero-order chi connectivity index (χ0) is 16.5. The van der Waals surface area contributed by atoms with Gasteiger partial charge in [0, 0.05) is 12.6 Å². The molecule has 1 saturated carbocycles. The van der Waals surface area contributed by atoms with Crippen molar-refractivity contribution in [2.45, 2.75) is 44.6 Å². The lowest BCUT2D eigenvalue weighted by molar-refractivity contribution is 0.0951. The van der Waals surface area contributed by atoms with E-state index >= 15 is 0 Å². The van der Waals surface area contributed by atoms with Crippen molar-refractivity contribution in [2.75, 3.05) is 13.1 Å². The van der Waals surface area contributed by atoms with E-state index in [1.54, 1.807) is 12.1 Å². The van der Waals surface area contributed by atoms with E-state index < -0.39 is 11.7 Å². The standard InChI is InChI=1S/C17H25FN4O.HI/c18-15-10-6-5-9-14(15)16(23)20-11-12-21-17(19)22-13-7-3-1-2-4-8-13;/h5-6,9-10,13H,1-4,7-8,11-12H2,(H,20,23)(H3,19,21,22);1H. The monoisotopic (exact) mass is 448 g/mol. The average Bonchev–Trinajstić information content (AvgIpc) is 2.80. The summed E-state index contributed by atoms with van der Waals surface area (Å²) in [6, 6.07) is 6.30. The van der Waals surface area contributed by atoms with Gasteiger partial charge in [0.1, 0.15) is 5.82 Å². The predicted molar refractivity (Wildman–Crippen MR) is 105 cm³/mol. The van der Waals surface area contributed by atoms with Gasteiger partial charge in [-0.15, -0.1) is 24.0 Å². The van der Waals surface area contributed by atoms with Gasteiger partial charge in [-0.1, -0.05) is 37.8 Å². The highest BCUT2D eigenvalue weighted by atomic mass is 127. The van der Waals surface area contributed by atoms with Crippen molar-refractivity contribution in [2.24, 2.45) is 10.7 Å². The van der Waals surface area contributed by atoms with E-state index in [9.17, 15) is 9.18 Å². The van der Waals surface area contributed by atoms with Crippen molar-refractivity contribution in [1.82, 2.24) is 10.6 Å². The fourth-order valence-corrected chi connectivity index (χ4v) is 2.76. The lowest BCUT2D eigenvalue weighted by atomic mass is 10.1. The molecule has 4 N–H and O–H groups in total. The first-order valence-electron chi connectivity index (χ1n) is 8.26. The number of rotatable bonds is 5. The third-order valence-corrected chi connectivity index (χ3v) is 4.01. The number of aliphatic imine (C=N–C) groups is 1. The number of carbonyl (C=O) groups excluding carboxylic acids is 1. The highest BCUT2D eigenvalue weighted by Gasteiger charge is 2.12. The second-order valence-electron chi connectivity index (χ2n) is 5.84. The first-order chi connectivity index (χ1) is 11.2. The van der Waals surface area contributed by atoms with E-state index in [0.717, 1.165) is 12.8 Å². The van der Waals surface area contributed by atoms with Crippen LogP contribution in [-0.4, -0.2) is 31.0 Å². The Morgan fingerprint density at radius 2 is 1.88 bits per heavy atom. The van der Waals surface area contributed by atoms with Crippen molar-refractivity contribution in [3.05, 3.63) is 35.6 Å². The van der Waals surface area contributed by atoms with Crippen molar-refractivity contribution in [1.29, 1.82) is 0 Å². The molecule has 1 aromatic carbocycles. The van der Waals surface area contributed by atoms with Gasteiger partial charge in [0.25, 0.3) is 5.91 Å². The van der Waals surface area contributed by atoms with Gasteiger partial charge in [-0.25, -0.2) is 4.39 Å². The quantitative estimate of drug-likeness (QED) is 0.213. The molecule has 1 aromatic rings. The van der Waals surface area contributed by atoms with E-state index in [1.807, 2.05) is 0 Å². The molecule has 0 unspecified atom stereocenters. The fourth-order valence-electron chi connectivity index (χ4n) is 2.76. The Morgan fingerprint density at radius 1 is 1.21 bits per heavy atom. The highest BCUT2D eigenvalue weighted by Crippen LogP contribution is 2.16. The third-order valence-electron chi connectivity index (χ3n) is 4.01. The molecular formula is C17H26FIN4O. The Morgan fingerprint density at radius 3 is 2.54 bits per heavy atom. The number of nitrogens with one attached hydrogen (secondary N) is 2. The average molecular weight is 448 g/mol. The van der Waals surface area contributed by atoms with Crippen LogP contribution in [0.3, 0.4) is 0 Å². The molecule has 1 aliphatic carbocycles. The number of carbonyl (C=O) groups is 1. The number of amides is 1. The second-order valence-corrected chi connectivity index (χ2v) is 5.84. The molecule has 0 saturated heterocycles. The van der Waals surface area contributed by atoms with Crippen LogP contribution in [0.4, 0.5) is 4.39 Å². The van der Waals surface area contributed by atoms with Crippen LogP contribution < -0.4 is 16.4 Å². The van der Waals surface area contributed by atoms with Gasteiger partial charge >= 0.3 is 0 Å². The molecular weight excluding hydrogens is 422 g/mol. The van der Waals surface area contributed by atoms with Crippen LogP contribution in [0, 0.1) is 5.82 Å². The first-order valence-corrected chi connectivity index (χ1v) is 8.26. The van der Waals surface area contributed by atoms with Crippen molar-refractivity contribution in [3.63, 3.8) is 0 Å². The molecule has 5 nitrogen and oxygen atoms in total. The van der Waals surface area contributed by atoms with Crippen molar-refractivity contribution < 1.29 is 9.18 Å². The summed E-state index contributed by atoms with van der Waals surface area (Å²) in [5, 5.41) is 5.88. The molecule has 1 amide bonds. The second kappa shape index (κ2) is 11.2. The molecule has 1 fully saturated rings. The largest absolute Gasteiger partial charge is 0.370 e. The van der Waals surface area contributed by atoms with Gasteiger partial charge in [0.2, 0.25) is 0 Å². The number of benzene rings is 1. The molecule has 0 spiro atoms. The lowest BCUT2D eigenvalue weighted by Gasteiger charge is -2.16. The Balaban J connectivity index is 0.00000288. The fraction of sp³-hybridized carbons (Fsp3) is 0.529. The third kappa shape index (κ3) is 7.02. The van der Waals surface area contributed by atoms with E-state index in [1.165, 1.54) is 37.8 Å². The summed E-state index contributed by atoms with van der Waals surface area (Å²) < 4.78 is 13.5. The number of guanidine groups is 1. The molecule has 0 radical (unpaired) electrons. The van der Waals surface area contributed by atoms with Crippen molar-refractivity contribution >= 4 is 35.8 Å². The molecule has 0 heterocycles. The van der Waals surface area contributed by atoms with Crippen LogP contribution in [0.1, 0.15) is 48.9 Å². The van der Waals surface area contributed by atoms with Crippen molar-refractivity contribution in [3.8, 4) is 0 Å². The normalized spacial score (nSPS) is 16.0. The van der Waals surface area contributed by atoms with Crippen LogP contribution >= 0.6 is 24.0 Å². The van der Waals surface area contributed by atoms with Gasteiger partial charge in [0.15, 0.2) is 5.96 Å². The highest BCUT2D eigenvalue weighted by molar-refractivity contribution is 14.0. The van der Waals surface area contributed by atoms with Crippen LogP contribution in [-0.2, 0) is 0 Å². The predicted octanol–water partition coefficient (Wildman–Crippen LogP) is 2.80. The van der Waals surface area contributed by atoms with Gasteiger partial charge in [-0.05, 0) is 25.0 Å². The minimum absolute atomic E-state index is 0. The van der Waals surface area contributed by atoms with Gasteiger partial charge < -0.3 is 16.4 Å². The maximum absolute atomic E-state index is 13.5. The van der Waals surface area contributed by atoms with Gasteiger partial charge in [-0.2, -0.15) is 0 Å². The lowest BCUT2D eigenvalue weighted by Crippen LogP contribution is -2.40. The Kier molecular flexibility index (Phi) is 9.66. The minimum Gasteiger partial charge on any atom is -0.370 e. The summed E-state index contributed by atoms with van der Waals surface area (Å²) in [5.41, 5.74) is 5.92. The SMILES string of the molecule is I.NC(=NCCNC(=O)c1ccccc1F)NC1CCCCCC1. The van der Waals surface area contributed by atoms with Crippen LogP contribution in [0.15, 0.2) is 29.3 Å². The molecule has 7 heteroatoms. The summed E-state index contributed by atoms with van der Waals surface area (Å²) >= 11 is 0. The summed E-state index contributed by atoms with van der Waals surface area (Å²) in [7, 11) is 0. The molecule has 0 atom stereocenters. The summed E-state index contributed by atoms with van der Waals surface area (Å²) in [6.45, 7) is 0.686. The number of hydrogen-bond donors (Lipinski definition) is 3. The zero-order valence-electron chi connectivity index (χ0n) is 13.8. The Labute approximate surface area is 159 Å². The number of halogens is 2. The Hall–Kier alpha value is -1.38. The van der Waals surface area contributed by atoms with E-state index in [0.29, 0.717) is 25.1 Å². The topological polar surface area (TPSA) is 79.5 Å². The van der Waals surface area contributed by atoms with Gasteiger partial charge in [0.05, 0.1) is 12.1 Å². The molecule has 1 aliphatic rings. The van der Waals surface area contributed by atoms with E-state index in [-0.39, 0.29) is 29.5 Å². The summed E-state index contributed by atoms with van der Waals surface area (Å²) in [5.74, 6) is -0.548. The van der Waals surface area contributed by atoms with Crippen LogP contribution in [0.5, 0.6) is 0 Å². The minimum atomic E-state index is -0.525. The molecule has 134 valence electrons. The molecule has 0 bridgehead atoms. The first kappa shape index (κ1) is 20.7. The molecule has 0 aromatic heterocycles. The number of hydrogen-bond acceptors (Lipinski definition) is 2. The van der Waals surface area contributed by atoms with Crippen LogP contribution in [0.2, 0.25) is 0 Å².